The summed E-state index contributed by atoms with van der Waals surface area (Å²) in [4.78, 5) is 17.0. The van der Waals surface area contributed by atoms with Gasteiger partial charge in [0.1, 0.15) is 6.33 Å². The highest BCUT2D eigenvalue weighted by atomic mass is 16.4. The molecule has 0 unspecified atom stereocenters. The summed E-state index contributed by atoms with van der Waals surface area (Å²) < 4.78 is 0. The van der Waals surface area contributed by atoms with Crippen LogP contribution < -0.4 is 5.11 Å². The van der Waals surface area contributed by atoms with Crippen LogP contribution in [0.15, 0.2) is 18.7 Å². The van der Waals surface area contributed by atoms with Crippen LogP contribution in [-0.2, 0) is 0 Å². The van der Waals surface area contributed by atoms with Gasteiger partial charge < -0.3 is 9.90 Å². The van der Waals surface area contributed by atoms with Gasteiger partial charge >= 0.3 is 0 Å². The van der Waals surface area contributed by atoms with Crippen molar-refractivity contribution in [3.8, 4) is 0 Å². The second-order valence-electron chi connectivity index (χ2n) is 1.41. The molecule has 0 saturated heterocycles. The van der Waals surface area contributed by atoms with E-state index in [9.17, 15) is 9.90 Å². The molecule has 0 aromatic carbocycles. The fourth-order valence-electron chi connectivity index (χ4n) is 0.405. The van der Waals surface area contributed by atoms with E-state index in [0.29, 0.717) is 0 Å². The Morgan fingerprint density at radius 3 is 2.33 bits per heavy atom. The lowest BCUT2D eigenvalue weighted by Crippen LogP contribution is -2.22. The molecule has 4 nitrogen and oxygen atoms in total. The summed E-state index contributed by atoms with van der Waals surface area (Å²) in [6, 6.07) is 0. The van der Waals surface area contributed by atoms with E-state index in [1.807, 2.05) is 0 Å². The molecule has 0 amide bonds. The maximum Gasteiger partial charge on any atom is 0.115 e. The molecule has 0 radical (unpaired) electrons. The second kappa shape index (κ2) is 2.21. The van der Waals surface area contributed by atoms with Crippen molar-refractivity contribution in [1.82, 2.24) is 9.97 Å². The van der Waals surface area contributed by atoms with Crippen LogP contribution in [0.5, 0.6) is 0 Å². The third kappa shape index (κ3) is 1.22. The molecule has 0 bridgehead atoms. The van der Waals surface area contributed by atoms with Gasteiger partial charge in [0.05, 0.1) is 5.97 Å². The third-order valence-electron chi connectivity index (χ3n) is 0.796. The van der Waals surface area contributed by atoms with Gasteiger partial charge in [-0.15, -0.1) is 0 Å². The van der Waals surface area contributed by atoms with Gasteiger partial charge in [-0.3, -0.25) is 0 Å². The van der Waals surface area contributed by atoms with E-state index >= 15 is 0 Å². The van der Waals surface area contributed by atoms with Crippen molar-refractivity contribution in [2.75, 3.05) is 0 Å². The van der Waals surface area contributed by atoms with E-state index in [0.717, 1.165) is 0 Å². The highest BCUT2D eigenvalue weighted by molar-refractivity contribution is 5.84. The van der Waals surface area contributed by atoms with Crippen LogP contribution in [0.2, 0.25) is 0 Å². The fraction of sp³-hybridized carbons (Fsp3) is 0. The molecule has 0 spiro atoms. The summed E-state index contributed by atoms with van der Waals surface area (Å²) in [5.74, 6) is -1.25. The van der Waals surface area contributed by atoms with Crippen molar-refractivity contribution in [2.45, 2.75) is 0 Å². The quantitative estimate of drug-likeness (QED) is 0.472. The highest BCUT2D eigenvalue weighted by Crippen LogP contribution is 1.87. The van der Waals surface area contributed by atoms with Gasteiger partial charge in [-0.2, -0.15) is 0 Å². The fourth-order valence-corrected chi connectivity index (χ4v) is 0.405. The Balaban J connectivity index is 2.98. The van der Waals surface area contributed by atoms with E-state index in [1.165, 1.54) is 18.7 Å². The number of aromatic nitrogens is 2. The number of carboxylic acids is 1. The summed E-state index contributed by atoms with van der Waals surface area (Å²) in [5, 5.41) is 10.0. The molecule has 1 rings (SSSR count). The smallest absolute Gasteiger partial charge is 0.115 e. The molecular weight excluding hydrogens is 120 g/mol. The minimum Gasteiger partial charge on any atom is -0.545 e. The van der Waals surface area contributed by atoms with Gasteiger partial charge in [0.2, 0.25) is 0 Å². The third-order valence-corrected chi connectivity index (χ3v) is 0.796. The topological polar surface area (TPSA) is 65.9 Å². The molecule has 0 aliphatic carbocycles. The number of carboxylic acid groups (broad SMARTS) is 1. The first-order valence-corrected chi connectivity index (χ1v) is 2.27. The summed E-state index contributed by atoms with van der Waals surface area (Å²) in [6.07, 6.45) is 3.62. The largest absolute Gasteiger partial charge is 0.545 e. The number of rotatable bonds is 1. The first kappa shape index (κ1) is 5.68. The molecule has 0 aliphatic rings. The zero-order valence-corrected chi connectivity index (χ0v) is 4.44. The Bertz CT molecular complexity index is 209. The van der Waals surface area contributed by atoms with Gasteiger partial charge in [0.15, 0.2) is 0 Å². The molecule has 1 aromatic heterocycles. The van der Waals surface area contributed by atoms with E-state index in [1.54, 1.807) is 0 Å². The first-order chi connectivity index (χ1) is 4.30. The van der Waals surface area contributed by atoms with E-state index in [2.05, 4.69) is 9.97 Å². The van der Waals surface area contributed by atoms with Crippen molar-refractivity contribution >= 4 is 5.97 Å². The monoisotopic (exact) mass is 123 g/mol. The molecule has 0 fully saturated rings. The lowest BCUT2D eigenvalue weighted by atomic mass is 10.4. The predicted octanol–water partition coefficient (Wildman–Crippen LogP) is -1.16. The molecule has 1 aromatic rings. The van der Waals surface area contributed by atoms with Crippen molar-refractivity contribution in [3.63, 3.8) is 0 Å². The van der Waals surface area contributed by atoms with E-state index in [4.69, 9.17) is 0 Å². The summed E-state index contributed by atoms with van der Waals surface area (Å²) in [5.41, 5.74) is -0.00231. The van der Waals surface area contributed by atoms with Gasteiger partial charge in [-0.1, -0.05) is 0 Å². The van der Waals surface area contributed by atoms with Crippen LogP contribution in [0.3, 0.4) is 0 Å². The molecule has 46 valence electrons. The number of aromatic carboxylic acids is 1. The Labute approximate surface area is 51.2 Å². The molecule has 1 heterocycles. The average Bonchev–Trinajstić information content (AvgIpc) is 1.90. The van der Waals surface area contributed by atoms with Crippen LogP contribution >= 0.6 is 0 Å². The highest BCUT2D eigenvalue weighted by Gasteiger charge is 1.88. The molecule has 9 heavy (non-hydrogen) atoms. The lowest BCUT2D eigenvalue weighted by Gasteiger charge is -1.96. The predicted molar refractivity (Wildman–Crippen MR) is 26.4 cm³/mol. The number of hydrogen-bond donors (Lipinski definition) is 0. The minimum atomic E-state index is -1.25. The van der Waals surface area contributed by atoms with Gasteiger partial charge in [-0.25, -0.2) is 9.97 Å². The van der Waals surface area contributed by atoms with Crippen molar-refractivity contribution in [2.24, 2.45) is 0 Å². The van der Waals surface area contributed by atoms with Crippen LogP contribution in [-0.4, -0.2) is 15.9 Å². The van der Waals surface area contributed by atoms with Gasteiger partial charge in [0.25, 0.3) is 0 Å². The molecule has 0 saturated carbocycles. The van der Waals surface area contributed by atoms with Crippen LogP contribution in [0.25, 0.3) is 0 Å². The number of hydrogen-bond acceptors (Lipinski definition) is 4. The maximum absolute atomic E-state index is 10.0. The first-order valence-electron chi connectivity index (χ1n) is 2.27. The Kier molecular flexibility index (Phi) is 1.40. The second-order valence-corrected chi connectivity index (χ2v) is 1.41. The number of carbonyl (C=O) groups excluding carboxylic acids is 1. The average molecular weight is 123 g/mol. The maximum atomic E-state index is 10.0. The standard InChI is InChI=1S/C5H4N2O2/c8-5(9)4-1-6-3-7-2-4/h1-3H,(H,8,9)/p-1. The van der Waals surface area contributed by atoms with Crippen LogP contribution in [0, 0.1) is 0 Å². The minimum absolute atomic E-state index is 0.00231. The molecule has 4 heteroatoms. The van der Waals surface area contributed by atoms with Gasteiger partial charge in [-0.05, 0) is 0 Å². The summed E-state index contributed by atoms with van der Waals surface area (Å²) >= 11 is 0. The van der Waals surface area contributed by atoms with Crippen LogP contribution in [0.1, 0.15) is 10.4 Å². The zero-order valence-electron chi connectivity index (χ0n) is 4.44. The summed E-state index contributed by atoms with van der Waals surface area (Å²) in [6.45, 7) is 0. The SMILES string of the molecule is O=C([O-])c1cncnc1. The number of carbonyl (C=O) groups is 1. The van der Waals surface area contributed by atoms with Crippen molar-refractivity contribution in [3.05, 3.63) is 24.3 Å². The molecule has 0 aliphatic heterocycles. The van der Waals surface area contributed by atoms with Gasteiger partial charge in [0, 0.05) is 18.0 Å². The van der Waals surface area contributed by atoms with E-state index < -0.39 is 5.97 Å². The number of nitrogens with zero attached hydrogens (tertiary/aromatic N) is 2. The van der Waals surface area contributed by atoms with Crippen LogP contribution in [0.4, 0.5) is 0 Å². The molecule has 0 atom stereocenters. The van der Waals surface area contributed by atoms with Crippen molar-refractivity contribution < 1.29 is 9.90 Å². The molecule has 0 N–H and O–H groups in total. The normalized spacial score (nSPS) is 8.89. The Hall–Kier alpha value is -1.45. The summed E-state index contributed by atoms with van der Waals surface area (Å²) in [7, 11) is 0. The van der Waals surface area contributed by atoms with E-state index in [-0.39, 0.29) is 5.56 Å². The Morgan fingerprint density at radius 1 is 1.44 bits per heavy atom. The molecular formula is C5H3N2O2-. The lowest BCUT2D eigenvalue weighted by molar-refractivity contribution is -0.255. The zero-order chi connectivity index (χ0) is 6.69. The Morgan fingerprint density at radius 2 is 2.00 bits per heavy atom. The van der Waals surface area contributed by atoms with Crippen molar-refractivity contribution in [1.29, 1.82) is 0 Å².